The van der Waals surface area contributed by atoms with Gasteiger partial charge in [0.1, 0.15) is 5.75 Å². The molecule has 23 heavy (non-hydrogen) atoms. The monoisotopic (exact) mass is 319 g/mol. The zero-order valence-electron chi connectivity index (χ0n) is 13.3. The number of hydrogen-bond donors (Lipinski definition) is 1. The first kappa shape index (κ1) is 16.8. The van der Waals surface area contributed by atoms with Crippen molar-refractivity contribution in [2.24, 2.45) is 0 Å². The Morgan fingerprint density at radius 2 is 1.78 bits per heavy atom. The van der Waals surface area contributed by atoms with Gasteiger partial charge in [-0.15, -0.1) is 0 Å². The fraction of sp³-hybridized carbons (Fsp3) is 0.438. The molecule has 1 aromatic rings. The van der Waals surface area contributed by atoms with E-state index >= 15 is 0 Å². The lowest BCUT2D eigenvalue weighted by atomic mass is 10.1. The molecule has 2 rings (SSSR count). The minimum absolute atomic E-state index is 0.284. The van der Waals surface area contributed by atoms with Gasteiger partial charge in [0.25, 0.3) is 0 Å². The molecule has 0 bridgehead atoms. The van der Waals surface area contributed by atoms with Gasteiger partial charge in [0, 0.05) is 26.2 Å². The van der Waals surface area contributed by atoms with Crippen molar-refractivity contribution in [2.75, 3.05) is 33.3 Å². The molecule has 1 heterocycles. The summed E-state index contributed by atoms with van der Waals surface area (Å²) < 4.78 is 5.09. The highest BCUT2D eigenvalue weighted by Crippen LogP contribution is 2.17. The van der Waals surface area contributed by atoms with Gasteiger partial charge in [-0.1, -0.05) is 12.1 Å². The molecule has 3 amide bonds. The van der Waals surface area contributed by atoms with E-state index in [9.17, 15) is 14.4 Å². The zero-order valence-corrected chi connectivity index (χ0v) is 13.3. The third kappa shape index (κ3) is 4.21. The molecule has 0 spiro atoms. The van der Waals surface area contributed by atoms with Crippen LogP contribution in [-0.4, -0.2) is 61.3 Å². The Hall–Kier alpha value is -2.57. The van der Waals surface area contributed by atoms with Gasteiger partial charge in [0.2, 0.25) is 6.41 Å². The highest BCUT2D eigenvalue weighted by Gasteiger charge is 2.26. The maximum absolute atomic E-state index is 12.1. The highest BCUT2D eigenvalue weighted by atomic mass is 16.5. The van der Waals surface area contributed by atoms with Crippen molar-refractivity contribution in [3.8, 4) is 5.75 Å². The van der Waals surface area contributed by atoms with E-state index in [-0.39, 0.29) is 6.04 Å². The number of benzene rings is 1. The molecule has 124 valence electrons. The van der Waals surface area contributed by atoms with E-state index in [2.05, 4.69) is 5.32 Å². The lowest BCUT2D eigenvalue weighted by Crippen LogP contribution is -2.52. The van der Waals surface area contributed by atoms with E-state index in [0.717, 1.165) is 17.7 Å². The highest BCUT2D eigenvalue weighted by molar-refractivity contribution is 6.35. The number of carbonyl (C=O) groups is 3. The van der Waals surface area contributed by atoms with Crippen LogP contribution in [0.5, 0.6) is 5.75 Å². The summed E-state index contributed by atoms with van der Waals surface area (Å²) in [6.45, 7) is 3.48. The van der Waals surface area contributed by atoms with E-state index in [4.69, 9.17) is 4.74 Å². The Morgan fingerprint density at radius 1 is 1.17 bits per heavy atom. The van der Waals surface area contributed by atoms with Crippen LogP contribution < -0.4 is 10.1 Å². The summed E-state index contributed by atoms with van der Waals surface area (Å²) in [4.78, 5) is 37.9. The Balaban J connectivity index is 1.89. The van der Waals surface area contributed by atoms with E-state index in [1.165, 1.54) is 4.90 Å². The molecular formula is C16H21N3O4. The molecule has 1 aromatic carbocycles. The molecule has 0 aliphatic carbocycles. The number of hydrogen-bond acceptors (Lipinski definition) is 4. The van der Waals surface area contributed by atoms with Gasteiger partial charge in [0.15, 0.2) is 0 Å². The van der Waals surface area contributed by atoms with Crippen molar-refractivity contribution in [3.63, 3.8) is 0 Å². The molecule has 0 saturated carbocycles. The molecular weight excluding hydrogens is 298 g/mol. The van der Waals surface area contributed by atoms with Gasteiger partial charge in [0.05, 0.1) is 13.2 Å². The molecule has 1 unspecified atom stereocenters. The quantitative estimate of drug-likeness (QED) is 0.634. The minimum atomic E-state index is -0.632. The number of nitrogens with one attached hydrogen (secondary N) is 1. The Kier molecular flexibility index (Phi) is 5.56. The molecule has 1 atom stereocenters. The van der Waals surface area contributed by atoms with Crippen molar-refractivity contribution in [2.45, 2.75) is 13.0 Å². The molecule has 1 aliphatic heterocycles. The van der Waals surface area contributed by atoms with Gasteiger partial charge in [-0.2, -0.15) is 0 Å². The number of rotatable bonds is 4. The van der Waals surface area contributed by atoms with E-state index in [1.54, 1.807) is 24.1 Å². The van der Waals surface area contributed by atoms with Crippen molar-refractivity contribution in [3.05, 3.63) is 29.8 Å². The standard InChI is InChI=1S/C16H21N3O4/c1-12(13-3-5-14(23-2)6-4-13)17-15(21)16(22)19-9-7-18(11-20)8-10-19/h3-6,11-12H,7-10H2,1-2H3,(H,17,21). The molecule has 1 saturated heterocycles. The summed E-state index contributed by atoms with van der Waals surface area (Å²) in [5.41, 5.74) is 0.887. The third-order valence-corrected chi connectivity index (χ3v) is 3.91. The zero-order chi connectivity index (χ0) is 16.8. The minimum Gasteiger partial charge on any atom is -0.497 e. The topological polar surface area (TPSA) is 79.0 Å². The molecule has 0 radical (unpaired) electrons. The molecule has 1 aliphatic rings. The Labute approximate surface area is 135 Å². The largest absolute Gasteiger partial charge is 0.497 e. The van der Waals surface area contributed by atoms with Crippen LogP contribution in [0.25, 0.3) is 0 Å². The van der Waals surface area contributed by atoms with Crippen molar-refractivity contribution >= 4 is 18.2 Å². The number of carbonyl (C=O) groups excluding carboxylic acids is 3. The average Bonchev–Trinajstić information content (AvgIpc) is 2.61. The molecule has 7 nitrogen and oxygen atoms in total. The van der Waals surface area contributed by atoms with Crippen LogP contribution in [0.3, 0.4) is 0 Å². The predicted molar refractivity (Wildman–Crippen MR) is 83.8 cm³/mol. The average molecular weight is 319 g/mol. The first-order valence-electron chi connectivity index (χ1n) is 7.48. The van der Waals surface area contributed by atoms with Gasteiger partial charge < -0.3 is 19.9 Å². The molecule has 1 N–H and O–H groups in total. The van der Waals surface area contributed by atoms with Crippen molar-refractivity contribution in [1.29, 1.82) is 0 Å². The Bertz CT molecular complexity index is 565. The van der Waals surface area contributed by atoms with E-state index in [0.29, 0.717) is 26.2 Å². The van der Waals surface area contributed by atoms with Gasteiger partial charge in [-0.3, -0.25) is 14.4 Å². The molecule has 0 aromatic heterocycles. The smallest absolute Gasteiger partial charge is 0.312 e. The first-order chi connectivity index (χ1) is 11.0. The predicted octanol–water partition coefficient (Wildman–Crippen LogP) is 0.173. The first-order valence-corrected chi connectivity index (χ1v) is 7.48. The molecule has 7 heteroatoms. The summed E-state index contributed by atoms with van der Waals surface area (Å²) >= 11 is 0. The van der Waals surface area contributed by atoms with E-state index in [1.807, 2.05) is 19.1 Å². The van der Waals surface area contributed by atoms with Crippen LogP contribution >= 0.6 is 0 Å². The summed E-state index contributed by atoms with van der Waals surface area (Å²) in [6.07, 6.45) is 0.758. The van der Waals surface area contributed by atoms with Crippen LogP contribution in [0.15, 0.2) is 24.3 Å². The summed E-state index contributed by atoms with van der Waals surface area (Å²) in [6, 6.07) is 7.01. The second kappa shape index (κ2) is 7.62. The normalized spacial score (nSPS) is 15.7. The van der Waals surface area contributed by atoms with Crippen LogP contribution in [0.1, 0.15) is 18.5 Å². The number of ether oxygens (including phenoxy) is 1. The fourth-order valence-corrected chi connectivity index (χ4v) is 2.41. The van der Waals surface area contributed by atoms with Crippen LogP contribution in [0, 0.1) is 0 Å². The number of amides is 3. The number of nitrogens with zero attached hydrogens (tertiary/aromatic N) is 2. The summed E-state index contributed by atoms with van der Waals surface area (Å²) in [5, 5.41) is 2.70. The third-order valence-electron chi connectivity index (χ3n) is 3.91. The lowest BCUT2D eigenvalue weighted by molar-refractivity contribution is -0.147. The van der Waals surface area contributed by atoms with Crippen LogP contribution in [0.4, 0.5) is 0 Å². The summed E-state index contributed by atoms with van der Waals surface area (Å²) in [5.74, 6) is -0.458. The van der Waals surface area contributed by atoms with Crippen molar-refractivity contribution < 1.29 is 19.1 Å². The SMILES string of the molecule is COc1ccc(C(C)NC(=O)C(=O)N2CCN(C=O)CC2)cc1. The van der Waals surface area contributed by atoms with Gasteiger partial charge >= 0.3 is 11.8 Å². The molecule has 1 fully saturated rings. The fourth-order valence-electron chi connectivity index (χ4n) is 2.41. The van der Waals surface area contributed by atoms with Gasteiger partial charge in [-0.05, 0) is 24.6 Å². The number of methoxy groups -OCH3 is 1. The lowest BCUT2D eigenvalue weighted by Gasteiger charge is -2.32. The van der Waals surface area contributed by atoms with E-state index < -0.39 is 11.8 Å². The van der Waals surface area contributed by atoms with Gasteiger partial charge in [-0.25, -0.2) is 0 Å². The van der Waals surface area contributed by atoms with Crippen LogP contribution in [-0.2, 0) is 14.4 Å². The Morgan fingerprint density at radius 3 is 2.30 bits per heavy atom. The second-order valence-corrected chi connectivity index (χ2v) is 5.40. The number of piperazine rings is 1. The van der Waals surface area contributed by atoms with Crippen LogP contribution in [0.2, 0.25) is 0 Å². The maximum Gasteiger partial charge on any atom is 0.312 e. The second-order valence-electron chi connectivity index (χ2n) is 5.40. The maximum atomic E-state index is 12.1. The van der Waals surface area contributed by atoms with Crippen molar-refractivity contribution in [1.82, 2.24) is 15.1 Å². The summed E-state index contributed by atoms with van der Waals surface area (Å²) in [7, 11) is 1.59.